The summed E-state index contributed by atoms with van der Waals surface area (Å²) in [7, 11) is 0. The average molecular weight is 280 g/mol. The molecule has 2 heterocycles. The van der Waals surface area contributed by atoms with Crippen molar-refractivity contribution >= 4 is 17.3 Å². The molecule has 0 radical (unpaired) electrons. The second-order valence-electron chi connectivity index (χ2n) is 4.49. The highest BCUT2D eigenvalue weighted by Gasteiger charge is 2.23. The fraction of sp³-hybridized carbons (Fsp3) is 0.417. The maximum atomic E-state index is 6.22. The third kappa shape index (κ3) is 2.29. The molecule has 0 amide bonds. The summed E-state index contributed by atoms with van der Waals surface area (Å²) in [5.41, 5.74) is 7.27. The predicted molar refractivity (Wildman–Crippen MR) is 71.8 cm³/mol. The summed E-state index contributed by atoms with van der Waals surface area (Å²) in [6.07, 6.45) is 1.78. The van der Waals surface area contributed by atoms with Gasteiger partial charge in [0.25, 0.3) is 0 Å². The van der Waals surface area contributed by atoms with Gasteiger partial charge in [-0.05, 0) is 35.4 Å². The zero-order valence-corrected chi connectivity index (χ0v) is 11.0. The summed E-state index contributed by atoms with van der Waals surface area (Å²) >= 11 is 6.22. The van der Waals surface area contributed by atoms with E-state index in [0.717, 1.165) is 26.1 Å². The van der Waals surface area contributed by atoms with Crippen molar-refractivity contribution < 1.29 is 4.74 Å². The van der Waals surface area contributed by atoms with Crippen LogP contribution in [0.1, 0.15) is 18.9 Å². The number of nitrogens with two attached hydrogens (primary N) is 1. The van der Waals surface area contributed by atoms with Crippen LogP contribution in [-0.2, 0) is 4.74 Å². The Morgan fingerprint density at radius 3 is 2.84 bits per heavy atom. The lowest BCUT2D eigenvalue weighted by atomic mass is 10.1. The van der Waals surface area contributed by atoms with Crippen LogP contribution in [0.15, 0.2) is 18.2 Å². The monoisotopic (exact) mass is 279 g/mol. The Hall–Kier alpha value is -1.66. The van der Waals surface area contributed by atoms with Gasteiger partial charge in [0.15, 0.2) is 5.82 Å². The molecule has 1 aliphatic rings. The van der Waals surface area contributed by atoms with Gasteiger partial charge in [0.05, 0.1) is 16.6 Å². The highest BCUT2D eigenvalue weighted by molar-refractivity contribution is 6.33. The second kappa shape index (κ2) is 5.14. The lowest BCUT2D eigenvalue weighted by Gasteiger charge is -2.23. The number of rotatable bonds is 2. The molecule has 0 unspecified atom stereocenters. The quantitative estimate of drug-likeness (QED) is 0.850. The number of ether oxygens (including phenoxy) is 1. The summed E-state index contributed by atoms with van der Waals surface area (Å²) in [5, 5.41) is 12.5. The van der Waals surface area contributed by atoms with E-state index in [1.165, 1.54) is 0 Å². The molecule has 0 aliphatic carbocycles. The Morgan fingerprint density at radius 1 is 1.32 bits per heavy atom. The van der Waals surface area contributed by atoms with Gasteiger partial charge in [-0.1, -0.05) is 17.7 Å². The first kappa shape index (κ1) is 12.4. The van der Waals surface area contributed by atoms with Crippen LogP contribution in [-0.4, -0.2) is 33.4 Å². The molecule has 0 spiro atoms. The van der Waals surface area contributed by atoms with Gasteiger partial charge in [-0.25, -0.2) is 4.68 Å². The lowest BCUT2D eigenvalue weighted by Crippen LogP contribution is -2.21. The van der Waals surface area contributed by atoms with Crippen molar-refractivity contribution in [1.29, 1.82) is 0 Å². The molecule has 1 aromatic heterocycles. The van der Waals surface area contributed by atoms with Crippen LogP contribution in [0.4, 0.5) is 5.69 Å². The minimum Gasteiger partial charge on any atom is -0.398 e. The van der Waals surface area contributed by atoms with E-state index < -0.39 is 0 Å². The largest absolute Gasteiger partial charge is 0.398 e. The molecule has 0 bridgehead atoms. The van der Waals surface area contributed by atoms with E-state index in [4.69, 9.17) is 22.1 Å². The summed E-state index contributed by atoms with van der Waals surface area (Å²) in [5.74, 6) is 0.620. The van der Waals surface area contributed by atoms with E-state index in [1.807, 2.05) is 6.07 Å². The van der Waals surface area contributed by atoms with Crippen LogP contribution < -0.4 is 5.73 Å². The molecule has 0 saturated carbocycles. The number of nitrogens with zero attached hydrogens (tertiary/aromatic N) is 4. The van der Waals surface area contributed by atoms with Crippen molar-refractivity contribution in [2.75, 3.05) is 18.9 Å². The summed E-state index contributed by atoms with van der Waals surface area (Å²) < 4.78 is 7.16. The maximum Gasteiger partial charge on any atom is 0.185 e. The zero-order valence-electron chi connectivity index (χ0n) is 10.3. The molecule has 1 aromatic carbocycles. The first-order chi connectivity index (χ1) is 9.27. The number of aromatic nitrogens is 4. The van der Waals surface area contributed by atoms with Gasteiger partial charge < -0.3 is 10.5 Å². The molecule has 6 nitrogen and oxygen atoms in total. The average Bonchev–Trinajstić information content (AvgIpc) is 2.89. The Morgan fingerprint density at radius 2 is 2.11 bits per heavy atom. The number of anilines is 1. The maximum absolute atomic E-state index is 6.22. The summed E-state index contributed by atoms with van der Waals surface area (Å²) in [6.45, 7) is 1.45. The van der Waals surface area contributed by atoms with Gasteiger partial charge in [-0.3, -0.25) is 0 Å². The van der Waals surface area contributed by atoms with E-state index in [-0.39, 0.29) is 6.04 Å². The topological polar surface area (TPSA) is 78.9 Å². The van der Waals surface area contributed by atoms with Gasteiger partial charge >= 0.3 is 0 Å². The SMILES string of the molecule is Nc1cccc(Cl)c1-c1nnnn1C1CCOCC1. The van der Waals surface area contributed by atoms with Crippen LogP contribution in [0.3, 0.4) is 0 Å². The van der Waals surface area contributed by atoms with Gasteiger partial charge in [0, 0.05) is 18.9 Å². The van der Waals surface area contributed by atoms with Crippen LogP contribution in [0.2, 0.25) is 5.02 Å². The second-order valence-corrected chi connectivity index (χ2v) is 4.90. The molecule has 19 heavy (non-hydrogen) atoms. The van der Waals surface area contributed by atoms with Crippen LogP contribution in [0.25, 0.3) is 11.4 Å². The fourth-order valence-corrected chi connectivity index (χ4v) is 2.58. The van der Waals surface area contributed by atoms with Crippen molar-refractivity contribution in [1.82, 2.24) is 20.2 Å². The van der Waals surface area contributed by atoms with Gasteiger partial charge in [0.1, 0.15) is 0 Å². The molecule has 1 saturated heterocycles. The Balaban J connectivity index is 2.04. The van der Waals surface area contributed by atoms with E-state index in [2.05, 4.69) is 15.5 Å². The third-order valence-electron chi connectivity index (χ3n) is 3.30. The van der Waals surface area contributed by atoms with Gasteiger partial charge in [-0.15, -0.1) is 5.10 Å². The summed E-state index contributed by atoms with van der Waals surface area (Å²) in [4.78, 5) is 0. The van der Waals surface area contributed by atoms with Crippen molar-refractivity contribution in [3.63, 3.8) is 0 Å². The van der Waals surface area contributed by atoms with Gasteiger partial charge in [-0.2, -0.15) is 0 Å². The number of nitrogen functional groups attached to an aromatic ring is 1. The molecule has 0 atom stereocenters. The minimum absolute atomic E-state index is 0.231. The van der Waals surface area contributed by atoms with E-state index in [9.17, 15) is 0 Å². The standard InChI is InChI=1S/C12H14ClN5O/c13-9-2-1-3-10(14)11(9)12-15-16-17-18(12)8-4-6-19-7-5-8/h1-3,8H,4-7,14H2. The first-order valence-electron chi connectivity index (χ1n) is 6.17. The molecule has 1 aliphatic heterocycles. The van der Waals surface area contributed by atoms with Crippen LogP contribution in [0, 0.1) is 0 Å². The Bertz CT molecular complexity index is 559. The molecule has 7 heteroatoms. The van der Waals surface area contributed by atoms with E-state index >= 15 is 0 Å². The lowest BCUT2D eigenvalue weighted by molar-refractivity contribution is 0.0662. The van der Waals surface area contributed by atoms with Crippen molar-refractivity contribution in [2.45, 2.75) is 18.9 Å². The summed E-state index contributed by atoms with van der Waals surface area (Å²) in [6, 6.07) is 5.62. The fourth-order valence-electron chi connectivity index (χ4n) is 2.31. The number of hydrogen-bond donors (Lipinski definition) is 1. The highest BCUT2D eigenvalue weighted by Crippen LogP contribution is 2.33. The molecule has 3 rings (SSSR count). The minimum atomic E-state index is 0.231. The Kier molecular flexibility index (Phi) is 3.35. The normalized spacial score (nSPS) is 16.7. The zero-order chi connectivity index (χ0) is 13.2. The highest BCUT2D eigenvalue weighted by atomic mass is 35.5. The number of benzene rings is 1. The van der Waals surface area contributed by atoms with E-state index in [0.29, 0.717) is 22.1 Å². The van der Waals surface area contributed by atoms with Crippen molar-refractivity contribution in [3.8, 4) is 11.4 Å². The predicted octanol–water partition coefficient (Wildman–Crippen LogP) is 1.93. The molecule has 1 fully saturated rings. The third-order valence-corrected chi connectivity index (χ3v) is 3.61. The molecule has 2 N–H and O–H groups in total. The molecule has 100 valence electrons. The van der Waals surface area contributed by atoms with Crippen LogP contribution in [0.5, 0.6) is 0 Å². The number of halogens is 1. The van der Waals surface area contributed by atoms with Crippen molar-refractivity contribution in [2.24, 2.45) is 0 Å². The number of hydrogen-bond acceptors (Lipinski definition) is 5. The first-order valence-corrected chi connectivity index (χ1v) is 6.55. The van der Waals surface area contributed by atoms with E-state index in [1.54, 1.807) is 16.8 Å². The smallest absolute Gasteiger partial charge is 0.185 e. The van der Waals surface area contributed by atoms with Crippen molar-refractivity contribution in [3.05, 3.63) is 23.2 Å². The Labute approximate surface area is 115 Å². The molecular weight excluding hydrogens is 266 g/mol. The van der Waals surface area contributed by atoms with Gasteiger partial charge in [0.2, 0.25) is 0 Å². The molecular formula is C12H14ClN5O. The van der Waals surface area contributed by atoms with Crippen LogP contribution >= 0.6 is 11.6 Å². The number of tetrazole rings is 1. The molecule has 2 aromatic rings.